The van der Waals surface area contributed by atoms with Crippen LogP contribution in [-0.4, -0.2) is 25.7 Å². The topological polar surface area (TPSA) is 59.6 Å². The van der Waals surface area contributed by atoms with Crippen LogP contribution in [0.1, 0.15) is 23.6 Å². The molecule has 0 fully saturated rings. The number of carbonyl (C=O) groups excluding carboxylic acids is 1. The minimum Gasteiger partial charge on any atom is -0.490 e. The van der Waals surface area contributed by atoms with E-state index in [0.717, 1.165) is 30.7 Å². The first-order valence-corrected chi connectivity index (χ1v) is 11.0. The predicted octanol–water partition coefficient (Wildman–Crippen LogP) is 5.45. The fraction of sp³-hybridized carbons (Fsp3) is 0.269. The van der Waals surface area contributed by atoms with Crippen LogP contribution >= 0.6 is 0 Å². The number of benzene rings is 3. The first-order valence-electron chi connectivity index (χ1n) is 11.0. The van der Waals surface area contributed by atoms with Gasteiger partial charge in [0.1, 0.15) is 0 Å². The van der Waals surface area contributed by atoms with Gasteiger partial charge in [0.2, 0.25) is 0 Å². The number of alkyl halides is 3. The molecular formula is C26H27F3N2O3. The van der Waals surface area contributed by atoms with Crippen LogP contribution in [-0.2, 0) is 23.9 Å². The zero-order chi connectivity index (χ0) is 24.4. The van der Waals surface area contributed by atoms with Gasteiger partial charge in [-0.25, -0.2) is 0 Å². The summed E-state index contributed by atoms with van der Waals surface area (Å²) in [6.07, 6.45) is -3.57. The summed E-state index contributed by atoms with van der Waals surface area (Å²) in [5.74, 6) is 0.305. The van der Waals surface area contributed by atoms with Crippen molar-refractivity contribution in [2.45, 2.75) is 26.1 Å². The van der Waals surface area contributed by atoms with Crippen molar-refractivity contribution in [2.24, 2.45) is 0 Å². The van der Waals surface area contributed by atoms with E-state index in [4.69, 9.17) is 9.47 Å². The van der Waals surface area contributed by atoms with E-state index < -0.39 is 17.6 Å². The Balaban J connectivity index is 1.53. The molecule has 8 heteroatoms. The van der Waals surface area contributed by atoms with Gasteiger partial charge in [-0.05, 0) is 61.3 Å². The lowest BCUT2D eigenvalue weighted by Crippen LogP contribution is -2.21. The van der Waals surface area contributed by atoms with E-state index >= 15 is 0 Å². The third-order valence-corrected chi connectivity index (χ3v) is 4.90. The van der Waals surface area contributed by atoms with Crippen molar-refractivity contribution in [1.29, 1.82) is 0 Å². The molecule has 0 saturated carbocycles. The van der Waals surface area contributed by atoms with Crippen LogP contribution < -0.4 is 20.1 Å². The van der Waals surface area contributed by atoms with Gasteiger partial charge in [-0.2, -0.15) is 13.2 Å². The monoisotopic (exact) mass is 472 g/mol. The molecule has 3 aromatic rings. The summed E-state index contributed by atoms with van der Waals surface area (Å²) in [5.41, 5.74) is 1.47. The first kappa shape index (κ1) is 25.1. The third-order valence-electron chi connectivity index (χ3n) is 4.90. The second kappa shape index (κ2) is 12.1. The molecule has 0 aliphatic rings. The molecule has 0 spiro atoms. The largest absolute Gasteiger partial charge is 0.490 e. The summed E-state index contributed by atoms with van der Waals surface area (Å²) in [6.45, 7) is 3.35. The van der Waals surface area contributed by atoms with Crippen molar-refractivity contribution in [2.75, 3.05) is 25.1 Å². The van der Waals surface area contributed by atoms with Gasteiger partial charge in [0.05, 0.1) is 12.2 Å². The maximum atomic E-state index is 12.8. The van der Waals surface area contributed by atoms with Gasteiger partial charge in [0, 0.05) is 12.2 Å². The maximum absolute atomic E-state index is 12.8. The summed E-state index contributed by atoms with van der Waals surface area (Å²) >= 11 is 0. The second-order valence-corrected chi connectivity index (χ2v) is 7.54. The Morgan fingerprint density at radius 2 is 1.68 bits per heavy atom. The smallest absolute Gasteiger partial charge is 0.416 e. The van der Waals surface area contributed by atoms with Crippen LogP contribution in [0.25, 0.3) is 0 Å². The molecule has 0 aromatic heterocycles. The minimum atomic E-state index is -4.48. The minimum absolute atomic E-state index is 0.0466. The maximum Gasteiger partial charge on any atom is 0.416 e. The predicted molar refractivity (Wildman–Crippen MR) is 125 cm³/mol. The van der Waals surface area contributed by atoms with Crippen LogP contribution in [0.15, 0.2) is 72.8 Å². The number of rotatable bonds is 11. The van der Waals surface area contributed by atoms with Gasteiger partial charge in [0.15, 0.2) is 18.1 Å². The molecule has 0 saturated heterocycles. The van der Waals surface area contributed by atoms with Gasteiger partial charge < -0.3 is 20.1 Å². The van der Waals surface area contributed by atoms with Gasteiger partial charge in [0.25, 0.3) is 5.91 Å². The Bertz CT molecular complexity index is 1070. The van der Waals surface area contributed by atoms with Crippen molar-refractivity contribution in [1.82, 2.24) is 5.32 Å². The lowest BCUT2D eigenvalue weighted by atomic mass is 10.1. The summed E-state index contributed by atoms with van der Waals surface area (Å²) in [7, 11) is 0. The Kier molecular flexibility index (Phi) is 8.93. The quantitative estimate of drug-likeness (QED) is 0.364. The fourth-order valence-electron chi connectivity index (χ4n) is 3.27. The van der Waals surface area contributed by atoms with Gasteiger partial charge in [-0.3, -0.25) is 4.79 Å². The standard InChI is InChI=1S/C26H27F3N2O3/c1-2-33-24-15-20(17-30-14-13-19-7-4-3-5-8-19)11-12-23(24)34-18-25(32)31-22-10-6-9-21(16-22)26(27,28)29/h3-12,15-16,30H,2,13-14,17-18H2,1H3,(H,31,32). The summed E-state index contributed by atoms with van der Waals surface area (Å²) in [5, 5.41) is 5.81. The SMILES string of the molecule is CCOc1cc(CNCCc2ccccc2)ccc1OCC(=O)Nc1cccc(C(F)(F)F)c1. The summed E-state index contributed by atoms with van der Waals surface area (Å²) in [6, 6.07) is 20.1. The molecular weight excluding hydrogens is 445 g/mol. The highest BCUT2D eigenvalue weighted by Gasteiger charge is 2.30. The molecule has 3 rings (SSSR count). The molecule has 0 aliphatic carbocycles. The number of carbonyl (C=O) groups is 1. The van der Waals surface area contributed by atoms with Crippen molar-refractivity contribution >= 4 is 11.6 Å². The third kappa shape index (κ3) is 7.81. The van der Waals surface area contributed by atoms with Crippen molar-refractivity contribution in [3.05, 3.63) is 89.5 Å². The molecule has 180 valence electrons. The van der Waals surface area contributed by atoms with E-state index in [-0.39, 0.29) is 12.3 Å². The lowest BCUT2D eigenvalue weighted by molar-refractivity contribution is -0.137. The summed E-state index contributed by atoms with van der Waals surface area (Å²) in [4.78, 5) is 12.2. The second-order valence-electron chi connectivity index (χ2n) is 7.54. The summed E-state index contributed by atoms with van der Waals surface area (Å²) < 4.78 is 49.8. The van der Waals surface area contributed by atoms with Crippen molar-refractivity contribution in [3.8, 4) is 11.5 Å². The van der Waals surface area contributed by atoms with Crippen LogP contribution in [0.3, 0.4) is 0 Å². The molecule has 3 aromatic carbocycles. The lowest BCUT2D eigenvalue weighted by Gasteiger charge is -2.14. The molecule has 34 heavy (non-hydrogen) atoms. The fourth-order valence-corrected chi connectivity index (χ4v) is 3.27. The van der Waals surface area contributed by atoms with E-state index in [1.807, 2.05) is 37.3 Å². The number of nitrogens with one attached hydrogen (secondary N) is 2. The van der Waals surface area contributed by atoms with Crippen LogP contribution in [0, 0.1) is 0 Å². The van der Waals surface area contributed by atoms with Crippen LogP contribution in [0.4, 0.5) is 18.9 Å². The number of amides is 1. The molecule has 0 bridgehead atoms. The molecule has 2 N–H and O–H groups in total. The van der Waals surface area contributed by atoms with Gasteiger partial charge in [-0.15, -0.1) is 0 Å². The van der Waals surface area contributed by atoms with Crippen LogP contribution in [0.5, 0.6) is 11.5 Å². The normalized spacial score (nSPS) is 11.2. The van der Waals surface area contributed by atoms with Crippen molar-refractivity contribution < 1.29 is 27.4 Å². The van der Waals surface area contributed by atoms with Gasteiger partial charge >= 0.3 is 6.18 Å². The number of hydrogen-bond donors (Lipinski definition) is 2. The first-order chi connectivity index (χ1) is 16.3. The Morgan fingerprint density at radius 1 is 0.882 bits per heavy atom. The average Bonchev–Trinajstić information content (AvgIpc) is 2.82. The molecule has 1 amide bonds. The zero-order valence-corrected chi connectivity index (χ0v) is 18.8. The number of halogens is 3. The molecule has 0 atom stereocenters. The highest BCUT2D eigenvalue weighted by molar-refractivity contribution is 5.92. The number of anilines is 1. The average molecular weight is 473 g/mol. The molecule has 0 unspecified atom stereocenters. The van der Waals surface area contributed by atoms with Gasteiger partial charge in [-0.1, -0.05) is 42.5 Å². The zero-order valence-electron chi connectivity index (χ0n) is 18.8. The van der Waals surface area contributed by atoms with E-state index in [1.54, 1.807) is 6.07 Å². The van der Waals surface area contributed by atoms with Crippen LogP contribution in [0.2, 0.25) is 0 Å². The Labute approximate surface area is 196 Å². The number of ether oxygens (including phenoxy) is 2. The molecule has 0 radical (unpaired) electrons. The Hall–Kier alpha value is -3.52. The highest BCUT2D eigenvalue weighted by atomic mass is 19.4. The molecule has 0 aliphatic heterocycles. The van der Waals surface area contributed by atoms with Crippen molar-refractivity contribution in [3.63, 3.8) is 0 Å². The Morgan fingerprint density at radius 3 is 2.41 bits per heavy atom. The van der Waals surface area contributed by atoms with E-state index in [1.165, 1.54) is 17.7 Å². The van der Waals surface area contributed by atoms with E-state index in [9.17, 15) is 18.0 Å². The molecule has 0 heterocycles. The molecule has 5 nitrogen and oxygen atoms in total. The van der Waals surface area contributed by atoms with E-state index in [0.29, 0.717) is 24.7 Å². The highest BCUT2D eigenvalue weighted by Crippen LogP contribution is 2.31. The number of hydrogen-bond acceptors (Lipinski definition) is 4. The van der Waals surface area contributed by atoms with E-state index in [2.05, 4.69) is 22.8 Å².